The zero-order chi connectivity index (χ0) is 42.9. The molecule has 0 saturated carbocycles. The van der Waals surface area contributed by atoms with E-state index in [4.69, 9.17) is 42.6 Å². The highest BCUT2D eigenvalue weighted by atomic mass is 16.8. The number of aliphatic hydroxyl groups excluding tert-OH is 1. The van der Waals surface area contributed by atoms with Crippen molar-refractivity contribution < 1.29 is 47.7 Å². The van der Waals surface area contributed by atoms with Gasteiger partial charge in [0, 0.05) is 0 Å². The van der Waals surface area contributed by atoms with Crippen LogP contribution in [0.25, 0.3) is 0 Å². The minimum atomic E-state index is -1.46. The van der Waals surface area contributed by atoms with Crippen LogP contribution in [0.4, 0.5) is 0 Å². The van der Waals surface area contributed by atoms with Crippen molar-refractivity contribution in [3.05, 3.63) is 215 Å². The number of hydrogen-bond acceptors (Lipinski definition) is 10. The third kappa shape index (κ3) is 13.0. The molecule has 10 nitrogen and oxygen atoms in total. The van der Waals surface area contributed by atoms with Crippen LogP contribution >= 0.6 is 0 Å². The van der Waals surface area contributed by atoms with Gasteiger partial charge in [0.25, 0.3) is 0 Å². The molecule has 0 amide bonds. The van der Waals surface area contributed by atoms with Crippen LogP contribution in [0.2, 0.25) is 0 Å². The largest absolute Gasteiger partial charge is 0.374 e. The van der Waals surface area contributed by atoms with Crippen LogP contribution in [0, 0.1) is 0 Å². The molecule has 2 saturated heterocycles. The third-order valence-electron chi connectivity index (χ3n) is 11.1. The summed E-state index contributed by atoms with van der Waals surface area (Å²) >= 11 is 0. The standard InChI is InChI=1S/C53H56O10/c54-52-50(49(59-35-43-27-15-5-16-28-43)47(57-33-41-23-11-3-12-24-41)45(61-52)37-55-31-39-19-7-1-8-20-39)63-53-51(60-36-44-29-17-6-18-30-44)48(58-34-42-25-13-4-14-26-42)46(62-53)38-56-32-40-21-9-2-10-22-40/h1-30,45-54H,31-38H2/t45-,46-,47-,48-,49+,50-,51+,52+,53-/m1/s1. The van der Waals surface area contributed by atoms with E-state index in [2.05, 4.69) is 0 Å². The molecule has 1 N–H and O–H groups in total. The highest BCUT2D eigenvalue weighted by Crippen LogP contribution is 2.35. The summed E-state index contributed by atoms with van der Waals surface area (Å²) in [6.07, 6.45) is -7.86. The molecule has 2 fully saturated rings. The summed E-state index contributed by atoms with van der Waals surface area (Å²) in [4.78, 5) is 0. The SMILES string of the molecule is O[C@H]1O[C@H](COCc2ccccc2)[C@@H](OCc2ccccc2)[C@H](OCc2ccccc2)[C@H]1O[C@H]1O[C@H](COCc2ccccc2)[C@@H](OCc2ccccc2)[C@@H]1OCc1ccccc1. The predicted octanol–water partition coefficient (Wildman–Crippen LogP) is 8.59. The third-order valence-corrected chi connectivity index (χ3v) is 11.1. The summed E-state index contributed by atoms with van der Waals surface area (Å²) in [7, 11) is 0. The zero-order valence-corrected chi connectivity index (χ0v) is 35.3. The van der Waals surface area contributed by atoms with Crippen molar-refractivity contribution in [3.63, 3.8) is 0 Å². The molecule has 0 unspecified atom stereocenters. The molecule has 0 spiro atoms. The Morgan fingerprint density at radius 3 is 1.02 bits per heavy atom. The maximum atomic E-state index is 12.0. The topological polar surface area (TPSA) is 103 Å². The van der Waals surface area contributed by atoms with Gasteiger partial charge in [-0.3, -0.25) is 0 Å². The highest BCUT2D eigenvalue weighted by Gasteiger charge is 2.53. The van der Waals surface area contributed by atoms with Crippen LogP contribution in [0.1, 0.15) is 33.4 Å². The zero-order valence-electron chi connectivity index (χ0n) is 35.3. The molecule has 0 radical (unpaired) electrons. The average molecular weight is 853 g/mol. The number of rotatable bonds is 22. The van der Waals surface area contributed by atoms with Gasteiger partial charge >= 0.3 is 0 Å². The first-order valence-electron chi connectivity index (χ1n) is 21.7. The van der Waals surface area contributed by atoms with E-state index in [0.29, 0.717) is 19.8 Å². The van der Waals surface area contributed by atoms with Gasteiger partial charge < -0.3 is 47.7 Å². The average Bonchev–Trinajstić information content (AvgIpc) is 3.66. The minimum absolute atomic E-state index is 0.127. The molecule has 0 aliphatic carbocycles. The van der Waals surface area contributed by atoms with E-state index in [1.807, 2.05) is 182 Å². The molecule has 8 rings (SSSR count). The molecule has 10 heteroatoms. The van der Waals surface area contributed by atoms with Gasteiger partial charge in [-0.25, -0.2) is 0 Å². The molecule has 63 heavy (non-hydrogen) atoms. The summed E-state index contributed by atoms with van der Waals surface area (Å²) in [5, 5.41) is 12.0. The highest BCUT2D eigenvalue weighted by molar-refractivity contribution is 5.18. The lowest BCUT2D eigenvalue weighted by Gasteiger charge is -2.45. The summed E-state index contributed by atoms with van der Waals surface area (Å²) in [6, 6.07) is 59.6. The summed E-state index contributed by atoms with van der Waals surface area (Å²) in [5.74, 6) is 0. The summed E-state index contributed by atoms with van der Waals surface area (Å²) < 4.78 is 59.7. The lowest BCUT2D eigenvalue weighted by molar-refractivity contribution is -0.343. The van der Waals surface area contributed by atoms with E-state index in [-0.39, 0.29) is 33.0 Å². The molecular weight excluding hydrogens is 797 g/mol. The van der Waals surface area contributed by atoms with Gasteiger partial charge in [0.2, 0.25) is 0 Å². The lowest BCUT2D eigenvalue weighted by atomic mass is 9.97. The Morgan fingerprint density at radius 2 is 0.635 bits per heavy atom. The van der Waals surface area contributed by atoms with Crippen molar-refractivity contribution in [1.82, 2.24) is 0 Å². The Morgan fingerprint density at radius 1 is 0.333 bits per heavy atom. The molecule has 2 heterocycles. The van der Waals surface area contributed by atoms with Crippen molar-refractivity contribution in [1.29, 1.82) is 0 Å². The number of ether oxygens (including phenoxy) is 9. The first-order chi connectivity index (χ1) is 31.2. The molecular formula is C53H56O10. The molecule has 2 aliphatic heterocycles. The van der Waals surface area contributed by atoms with Gasteiger partial charge in [-0.2, -0.15) is 0 Å². The van der Waals surface area contributed by atoms with Crippen molar-refractivity contribution >= 4 is 0 Å². The van der Waals surface area contributed by atoms with E-state index in [1.165, 1.54) is 0 Å². The molecule has 6 aromatic rings. The fourth-order valence-corrected chi connectivity index (χ4v) is 7.83. The van der Waals surface area contributed by atoms with E-state index in [9.17, 15) is 5.11 Å². The molecule has 6 aromatic carbocycles. The van der Waals surface area contributed by atoms with E-state index in [1.54, 1.807) is 0 Å². The maximum Gasteiger partial charge on any atom is 0.187 e. The second kappa shape index (κ2) is 23.6. The Kier molecular flexibility index (Phi) is 16.7. The number of aliphatic hydroxyl groups is 1. The van der Waals surface area contributed by atoms with E-state index in [0.717, 1.165) is 33.4 Å². The van der Waals surface area contributed by atoms with Gasteiger partial charge in [0.05, 0.1) is 52.9 Å². The Hall–Kier alpha value is -5.08. The maximum absolute atomic E-state index is 12.0. The molecule has 328 valence electrons. The van der Waals surface area contributed by atoms with Gasteiger partial charge in [0.15, 0.2) is 12.6 Å². The normalized spacial score (nSPS) is 24.6. The molecule has 9 atom stereocenters. The Balaban J connectivity index is 1.09. The van der Waals surface area contributed by atoms with Crippen LogP contribution in [0.5, 0.6) is 0 Å². The summed E-state index contributed by atoms with van der Waals surface area (Å²) in [5.41, 5.74) is 5.93. The Bertz CT molecular complexity index is 2150. The number of hydrogen-bond donors (Lipinski definition) is 1. The lowest BCUT2D eigenvalue weighted by Crippen LogP contribution is -2.62. The minimum Gasteiger partial charge on any atom is -0.374 e. The van der Waals surface area contributed by atoms with Crippen LogP contribution in [-0.2, 0) is 82.3 Å². The first kappa shape index (κ1) is 44.5. The van der Waals surface area contributed by atoms with Crippen LogP contribution in [0.3, 0.4) is 0 Å². The van der Waals surface area contributed by atoms with Crippen molar-refractivity contribution in [3.8, 4) is 0 Å². The molecule has 2 aliphatic rings. The van der Waals surface area contributed by atoms with E-state index >= 15 is 0 Å². The second-order valence-corrected chi connectivity index (χ2v) is 15.8. The fraction of sp³-hybridized carbons (Fsp3) is 0.321. The van der Waals surface area contributed by atoms with Crippen LogP contribution < -0.4 is 0 Å². The smallest absolute Gasteiger partial charge is 0.187 e. The van der Waals surface area contributed by atoms with Crippen molar-refractivity contribution in [2.24, 2.45) is 0 Å². The molecule has 0 bridgehead atoms. The van der Waals surface area contributed by atoms with Crippen LogP contribution in [-0.4, -0.2) is 73.6 Å². The summed E-state index contributed by atoms with van der Waals surface area (Å²) in [6.45, 7) is 2.11. The van der Waals surface area contributed by atoms with Crippen molar-refractivity contribution in [2.45, 2.75) is 94.9 Å². The van der Waals surface area contributed by atoms with Gasteiger partial charge in [-0.05, 0) is 33.4 Å². The van der Waals surface area contributed by atoms with Crippen molar-refractivity contribution in [2.75, 3.05) is 13.2 Å². The fourth-order valence-electron chi connectivity index (χ4n) is 7.83. The second-order valence-electron chi connectivity index (χ2n) is 15.8. The monoisotopic (exact) mass is 852 g/mol. The van der Waals surface area contributed by atoms with Gasteiger partial charge in [0.1, 0.15) is 42.7 Å². The molecule has 0 aromatic heterocycles. The van der Waals surface area contributed by atoms with Gasteiger partial charge in [-0.1, -0.05) is 182 Å². The van der Waals surface area contributed by atoms with Crippen LogP contribution in [0.15, 0.2) is 182 Å². The Labute approximate surface area is 370 Å². The van der Waals surface area contributed by atoms with E-state index < -0.39 is 55.3 Å². The number of benzene rings is 6. The predicted molar refractivity (Wildman–Crippen MR) is 237 cm³/mol. The van der Waals surface area contributed by atoms with Gasteiger partial charge in [-0.15, -0.1) is 0 Å². The first-order valence-corrected chi connectivity index (χ1v) is 21.7. The quantitative estimate of drug-likeness (QED) is 0.0715.